The summed E-state index contributed by atoms with van der Waals surface area (Å²) in [4.78, 5) is 16.6. The summed E-state index contributed by atoms with van der Waals surface area (Å²) in [5.41, 5.74) is 1.09. The van der Waals surface area contributed by atoms with Gasteiger partial charge in [-0.05, 0) is 64.9 Å². The molecule has 2 atom stereocenters. The molecule has 1 aromatic rings. The Morgan fingerprint density at radius 1 is 1.29 bits per heavy atom. The van der Waals surface area contributed by atoms with E-state index in [2.05, 4.69) is 24.3 Å². The van der Waals surface area contributed by atoms with Crippen molar-refractivity contribution in [1.82, 2.24) is 15.1 Å². The highest BCUT2D eigenvalue weighted by Gasteiger charge is 2.27. The molecule has 0 saturated carbocycles. The van der Waals surface area contributed by atoms with Gasteiger partial charge in [0.05, 0.1) is 12.1 Å². The second kappa shape index (κ2) is 8.38. The lowest BCUT2D eigenvalue weighted by Gasteiger charge is -2.22. The first-order chi connectivity index (χ1) is 11.3. The van der Waals surface area contributed by atoms with E-state index in [1.165, 1.54) is 0 Å². The summed E-state index contributed by atoms with van der Waals surface area (Å²) in [6.07, 6.45) is 1.25. The summed E-state index contributed by atoms with van der Waals surface area (Å²) < 4.78 is 5.66. The normalized spacial score (nSPS) is 19.0. The molecule has 2 rings (SSSR count). The Labute approximate surface area is 146 Å². The van der Waals surface area contributed by atoms with Crippen molar-refractivity contribution in [3.63, 3.8) is 0 Å². The topological polar surface area (TPSA) is 44.8 Å². The highest BCUT2D eigenvalue weighted by Crippen LogP contribution is 2.20. The van der Waals surface area contributed by atoms with Gasteiger partial charge in [-0.3, -0.25) is 0 Å². The first-order valence-electron chi connectivity index (χ1n) is 8.82. The molecule has 5 heteroatoms. The second-order valence-corrected chi connectivity index (χ2v) is 7.27. The zero-order valence-electron chi connectivity index (χ0n) is 15.6. The maximum atomic E-state index is 12.4. The average Bonchev–Trinajstić information content (AvgIpc) is 2.95. The number of rotatable bonds is 6. The van der Waals surface area contributed by atoms with Gasteiger partial charge in [0.25, 0.3) is 0 Å². The summed E-state index contributed by atoms with van der Waals surface area (Å²) in [7, 11) is 4.16. The minimum absolute atomic E-state index is 0.0153. The molecule has 0 radical (unpaired) electrons. The van der Waals surface area contributed by atoms with Crippen molar-refractivity contribution in [2.45, 2.75) is 39.3 Å². The van der Waals surface area contributed by atoms with E-state index in [0.29, 0.717) is 5.92 Å². The van der Waals surface area contributed by atoms with Gasteiger partial charge in [-0.1, -0.05) is 12.1 Å². The third-order valence-electron chi connectivity index (χ3n) is 4.29. The fourth-order valence-electron chi connectivity index (χ4n) is 3.15. The van der Waals surface area contributed by atoms with E-state index in [4.69, 9.17) is 4.74 Å². The lowest BCUT2D eigenvalue weighted by Crippen LogP contribution is -2.40. The van der Waals surface area contributed by atoms with Crippen LogP contribution < -0.4 is 10.1 Å². The number of carbonyl (C=O) groups is 1. The number of urea groups is 1. The Morgan fingerprint density at radius 3 is 2.54 bits per heavy atom. The van der Waals surface area contributed by atoms with Crippen LogP contribution in [-0.2, 0) is 0 Å². The van der Waals surface area contributed by atoms with Crippen molar-refractivity contribution in [2.75, 3.05) is 33.7 Å². The van der Waals surface area contributed by atoms with Gasteiger partial charge in [0.1, 0.15) is 5.75 Å². The van der Waals surface area contributed by atoms with Gasteiger partial charge in [-0.2, -0.15) is 0 Å². The third-order valence-corrected chi connectivity index (χ3v) is 4.29. The van der Waals surface area contributed by atoms with Gasteiger partial charge in [0.2, 0.25) is 0 Å². The molecular formula is C19H31N3O2. The summed E-state index contributed by atoms with van der Waals surface area (Å²) in [5, 5.41) is 3.10. The molecule has 24 heavy (non-hydrogen) atoms. The Bertz CT molecular complexity index is 528. The Morgan fingerprint density at radius 2 is 1.96 bits per heavy atom. The monoisotopic (exact) mass is 333 g/mol. The van der Waals surface area contributed by atoms with Gasteiger partial charge in [0.15, 0.2) is 0 Å². The van der Waals surface area contributed by atoms with Crippen LogP contribution >= 0.6 is 0 Å². The first kappa shape index (κ1) is 18.6. The number of likely N-dealkylation sites (tertiary alicyclic amines) is 1. The summed E-state index contributed by atoms with van der Waals surface area (Å²) in [6, 6.07) is 7.97. The molecule has 1 aliphatic heterocycles. The number of benzene rings is 1. The minimum Gasteiger partial charge on any atom is -0.491 e. The maximum Gasteiger partial charge on any atom is 0.317 e. The maximum absolute atomic E-state index is 12.4. The fourth-order valence-corrected chi connectivity index (χ4v) is 3.15. The van der Waals surface area contributed by atoms with Gasteiger partial charge >= 0.3 is 6.03 Å². The Kier molecular flexibility index (Phi) is 6.49. The van der Waals surface area contributed by atoms with Crippen molar-refractivity contribution in [3.05, 3.63) is 29.8 Å². The van der Waals surface area contributed by atoms with E-state index in [0.717, 1.165) is 37.4 Å². The smallest absolute Gasteiger partial charge is 0.317 e. The predicted molar refractivity (Wildman–Crippen MR) is 97.4 cm³/mol. The Balaban J connectivity index is 1.85. The van der Waals surface area contributed by atoms with E-state index in [9.17, 15) is 4.79 Å². The van der Waals surface area contributed by atoms with Crippen LogP contribution in [0.2, 0.25) is 0 Å². The number of hydrogen-bond acceptors (Lipinski definition) is 3. The lowest BCUT2D eigenvalue weighted by molar-refractivity contribution is 0.202. The van der Waals surface area contributed by atoms with Crippen molar-refractivity contribution in [3.8, 4) is 5.75 Å². The van der Waals surface area contributed by atoms with Crippen molar-refractivity contribution >= 4 is 6.03 Å². The van der Waals surface area contributed by atoms with E-state index in [1.807, 2.05) is 49.9 Å². The van der Waals surface area contributed by atoms with Crippen molar-refractivity contribution in [1.29, 1.82) is 0 Å². The number of ether oxygens (including phenoxy) is 1. The van der Waals surface area contributed by atoms with Gasteiger partial charge < -0.3 is 19.9 Å². The van der Waals surface area contributed by atoms with Gasteiger partial charge in [0, 0.05) is 19.6 Å². The first-order valence-corrected chi connectivity index (χ1v) is 8.82. The van der Waals surface area contributed by atoms with Crippen LogP contribution in [0.1, 0.15) is 38.8 Å². The van der Waals surface area contributed by atoms with E-state index in [1.54, 1.807) is 0 Å². The minimum atomic E-state index is -0.0153. The molecule has 5 nitrogen and oxygen atoms in total. The largest absolute Gasteiger partial charge is 0.491 e. The van der Waals surface area contributed by atoms with Crippen LogP contribution in [0.15, 0.2) is 24.3 Å². The SMILES string of the molecule is CC(C)Oc1ccc([C@@H](C)NC(=O)N2CC[C@@H](CN(C)C)C2)cc1. The molecule has 0 aliphatic carbocycles. The molecule has 1 heterocycles. The molecule has 1 aliphatic rings. The van der Waals surface area contributed by atoms with Gasteiger partial charge in [-0.25, -0.2) is 4.79 Å². The third kappa shape index (κ3) is 5.41. The molecule has 0 unspecified atom stereocenters. The van der Waals surface area contributed by atoms with Crippen LogP contribution in [-0.4, -0.2) is 55.7 Å². The zero-order chi connectivity index (χ0) is 17.7. The lowest BCUT2D eigenvalue weighted by atomic mass is 10.1. The molecule has 0 spiro atoms. The van der Waals surface area contributed by atoms with Crippen LogP contribution in [0, 0.1) is 5.92 Å². The number of nitrogens with one attached hydrogen (secondary N) is 1. The summed E-state index contributed by atoms with van der Waals surface area (Å²) in [5.74, 6) is 1.44. The van der Waals surface area contributed by atoms with E-state index in [-0.39, 0.29) is 18.2 Å². The fraction of sp³-hybridized carbons (Fsp3) is 0.632. The average molecular weight is 333 g/mol. The molecule has 1 fully saturated rings. The molecule has 0 bridgehead atoms. The van der Waals surface area contributed by atoms with E-state index < -0.39 is 0 Å². The standard InChI is InChI=1S/C19H31N3O2/c1-14(2)24-18-8-6-17(7-9-18)15(3)20-19(23)22-11-10-16(13-22)12-21(4)5/h6-9,14-16H,10-13H2,1-5H3,(H,20,23)/t15-,16+/m1/s1. The zero-order valence-corrected chi connectivity index (χ0v) is 15.6. The second-order valence-electron chi connectivity index (χ2n) is 7.27. The van der Waals surface area contributed by atoms with Crippen LogP contribution in [0.4, 0.5) is 4.79 Å². The Hall–Kier alpha value is -1.75. The molecule has 1 N–H and O–H groups in total. The molecule has 134 valence electrons. The van der Waals surface area contributed by atoms with Crippen LogP contribution in [0.5, 0.6) is 5.75 Å². The molecule has 1 aromatic carbocycles. The molecule has 1 saturated heterocycles. The van der Waals surface area contributed by atoms with Crippen LogP contribution in [0.3, 0.4) is 0 Å². The highest BCUT2D eigenvalue weighted by molar-refractivity contribution is 5.75. The van der Waals surface area contributed by atoms with E-state index >= 15 is 0 Å². The predicted octanol–water partition coefficient (Wildman–Crippen LogP) is 3.13. The number of carbonyl (C=O) groups excluding carboxylic acids is 1. The summed E-state index contributed by atoms with van der Waals surface area (Å²) in [6.45, 7) is 8.77. The van der Waals surface area contributed by atoms with Crippen LogP contribution in [0.25, 0.3) is 0 Å². The number of hydrogen-bond donors (Lipinski definition) is 1. The summed E-state index contributed by atoms with van der Waals surface area (Å²) >= 11 is 0. The van der Waals surface area contributed by atoms with Crippen molar-refractivity contribution in [2.24, 2.45) is 5.92 Å². The van der Waals surface area contributed by atoms with Crippen molar-refractivity contribution < 1.29 is 9.53 Å². The molecule has 0 aromatic heterocycles. The molecular weight excluding hydrogens is 302 g/mol. The quantitative estimate of drug-likeness (QED) is 0.870. The van der Waals surface area contributed by atoms with Gasteiger partial charge in [-0.15, -0.1) is 0 Å². The molecule has 2 amide bonds. The number of nitrogens with zero attached hydrogens (tertiary/aromatic N) is 2. The highest BCUT2D eigenvalue weighted by atomic mass is 16.5. The number of amides is 2.